The first-order chi connectivity index (χ1) is 17.3. The summed E-state index contributed by atoms with van der Waals surface area (Å²) in [7, 11) is 0. The zero-order valence-electron chi connectivity index (χ0n) is 19.0. The molecular formula is C27H22Cl2N2O5. The van der Waals surface area contributed by atoms with Gasteiger partial charge in [-0.15, -0.1) is 23.2 Å². The largest absolute Gasteiger partial charge is 0.452 e. The SMILES string of the molecule is O=C(COC(=O)c1ccc(N2C(=O)[C@@H]3C[C@H](Cl)[C@@H](Cl)C[C@H]3C2=O)cc1)Nc1cccc2ccccc12. The van der Waals surface area contributed by atoms with E-state index in [2.05, 4.69) is 5.32 Å². The number of esters is 1. The highest BCUT2D eigenvalue weighted by atomic mass is 35.5. The number of carbonyl (C=O) groups excluding carboxylic acids is 4. The lowest BCUT2D eigenvalue weighted by Gasteiger charge is -2.28. The van der Waals surface area contributed by atoms with E-state index in [0.29, 0.717) is 24.2 Å². The number of carbonyl (C=O) groups is 4. The van der Waals surface area contributed by atoms with E-state index < -0.39 is 30.3 Å². The summed E-state index contributed by atoms with van der Waals surface area (Å²) in [6, 6.07) is 19.1. The first-order valence-electron chi connectivity index (χ1n) is 11.5. The van der Waals surface area contributed by atoms with Crippen LogP contribution < -0.4 is 10.2 Å². The monoisotopic (exact) mass is 524 g/mol. The van der Waals surface area contributed by atoms with Crippen LogP contribution in [0.2, 0.25) is 0 Å². The fraction of sp³-hybridized carbons (Fsp3) is 0.259. The molecule has 0 radical (unpaired) electrons. The molecule has 0 bridgehead atoms. The third-order valence-electron chi connectivity index (χ3n) is 6.67. The maximum Gasteiger partial charge on any atom is 0.338 e. The van der Waals surface area contributed by atoms with Gasteiger partial charge in [0.25, 0.3) is 5.91 Å². The Morgan fingerprint density at radius 3 is 2.14 bits per heavy atom. The number of halogens is 2. The van der Waals surface area contributed by atoms with Crippen molar-refractivity contribution in [1.82, 2.24) is 0 Å². The Morgan fingerprint density at radius 1 is 0.861 bits per heavy atom. The van der Waals surface area contributed by atoms with E-state index in [9.17, 15) is 19.2 Å². The van der Waals surface area contributed by atoms with Gasteiger partial charge in [0.2, 0.25) is 11.8 Å². The van der Waals surface area contributed by atoms with E-state index in [1.165, 1.54) is 24.3 Å². The smallest absolute Gasteiger partial charge is 0.338 e. The molecule has 1 heterocycles. The Balaban J connectivity index is 1.21. The molecule has 1 saturated carbocycles. The van der Waals surface area contributed by atoms with Gasteiger partial charge in [0.1, 0.15) is 0 Å². The molecule has 2 aliphatic rings. The predicted molar refractivity (Wildman–Crippen MR) is 137 cm³/mol. The number of benzene rings is 3. The van der Waals surface area contributed by atoms with Crippen LogP contribution in [-0.4, -0.2) is 41.1 Å². The minimum Gasteiger partial charge on any atom is -0.452 e. The van der Waals surface area contributed by atoms with Gasteiger partial charge < -0.3 is 10.1 Å². The first kappa shape index (κ1) is 24.3. The number of fused-ring (bicyclic) bond motifs is 2. The number of nitrogens with zero attached hydrogens (tertiary/aromatic N) is 1. The molecule has 36 heavy (non-hydrogen) atoms. The van der Waals surface area contributed by atoms with Gasteiger partial charge in [0.05, 0.1) is 33.8 Å². The third kappa shape index (κ3) is 4.56. The molecule has 1 aliphatic heterocycles. The third-order valence-corrected chi connectivity index (χ3v) is 7.76. The fourth-order valence-corrected chi connectivity index (χ4v) is 5.42. The molecule has 3 aromatic rings. The molecule has 0 unspecified atom stereocenters. The van der Waals surface area contributed by atoms with Crippen LogP contribution in [0.3, 0.4) is 0 Å². The summed E-state index contributed by atoms with van der Waals surface area (Å²) < 4.78 is 5.15. The number of alkyl halides is 2. The number of nitrogens with one attached hydrogen (secondary N) is 1. The van der Waals surface area contributed by atoms with Crippen molar-refractivity contribution in [2.75, 3.05) is 16.8 Å². The quantitative estimate of drug-likeness (QED) is 0.295. The van der Waals surface area contributed by atoms with Gasteiger partial charge in [-0.3, -0.25) is 19.3 Å². The average Bonchev–Trinajstić information content (AvgIpc) is 3.12. The van der Waals surface area contributed by atoms with Crippen molar-refractivity contribution in [3.8, 4) is 0 Å². The predicted octanol–water partition coefficient (Wildman–Crippen LogP) is 4.75. The molecular weight excluding hydrogens is 503 g/mol. The van der Waals surface area contributed by atoms with Gasteiger partial charge in [0.15, 0.2) is 6.61 Å². The van der Waals surface area contributed by atoms with Crippen molar-refractivity contribution in [2.24, 2.45) is 11.8 Å². The van der Waals surface area contributed by atoms with E-state index in [4.69, 9.17) is 27.9 Å². The second kappa shape index (κ2) is 9.91. The minimum atomic E-state index is -0.697. The summed E-state index contributed by atoms with van der Waals surface area (Å²) in [6.07, 6.45) is 0.708. The van der Waals surface area contributed by atoms with Crippen molar-refractivity contribution >= 4 is 69.0 Å². The zero-order chi connectivity index (χ0) is 25.4. The van der Waals surface area contributed by atoms with Crippen molar-refractivity contribution in [2.45, 2.75) is 23.6 Å². The standard InChI is InChI=1S/C27H22Cl2N2O5/c28-21-12-19-20(13-22(21)29)26(34)31(25(19)33)17-10-8-16(9-11-17)27(35)36-14-24(32)30-23-7-3-5-15-4-1-2-6-18(15)23/h1-11,19-22H,12-14H2,(H,30,32)/t19-,20-,21+,22+/m1/s1. The van der Waals surface area contributed by atoms with E-state index in [1.807, 2.05) is 36.4 Å². The minimum absolute atomic E-state index is 0.190. The Morgan fingerprint density at radius 2 is 1.47 bits per heavy atom. The Kier molecular flexibility index (Phi) is 6.69. The van der Waals surface area contributed by atoms with Gasteiger partial charge >= 0.3 is 5.97 Å². The summed E-state index contributed by atoms with van der Waals surface area (Å²) in [5.41, 5.74) is 1.18. The van der Waals surface area contributed by atoms with Gasteiger partial charge in [-0.2, -0.15) is 0 Å². The van der Waals surface area contributed by atoms with Gasteiger partial charge in [0, 0.05) is 11.1 Å². The molecule has 7 nitrogen and oxygen atoms in total. The van der Waals surface area contributed by atoms with E-state index in [0.717, 1.165) is 15.7 Å². The van der Waals surface area contributed by atoms with Gasteiger partial charge in [-0.05, 0) is 48.6 Å². The summed E-state index contributed by atoms with van der Waals surface area (Å²) in [6.45, 7) is -0.463. The average molecular weight is 525 g/mol. The normalized spacial score (nSPS) is 23.4. The fourth-order valence-electron chi connectivity index (χ4n) is 4.83. The molecule has 0 spiro atoms. The number of hydrogen-bond acceptors (Lipinski definition) is 5. The lowest BCUT2D eigenvalue weighted by Crippen LogP contribution is -2.34. The van der Waals surface area contributed by atoms with E-state index in [-0.39, 0.29) is 28.1 Å². The van der Waals surface area contributed by atoms with Crippen LogP contribution in [0.1, 0.15) is 23.2 Å². The Hall–Kier alpha value is -3.42. The molecule has 1 saturated heterocycles. The molecule has 1 aliphatic carbocycles. The molecule has 0 aromatic heterocycles. The van der Waals surface area contributed by atoms with Crippen LogP contribution in [-0.2, 0) is 19.1 Å². The van der Waals surface area contributed by atoms with Crippen molar-refractivity contribution in [3.05, 3.63) is 72.3 Å². The number of anilines is 2. The van der Waals surface area contributed by atoms with E-state index in [1.54, 1.807) is 6.07 Å². The zero-order valence-corrected chi connectivity index (χ0v) is 20.5. The Labute approximate surface area is 217 Å². The van der Waals surface area contributed by atoms with E-state index >= 15 is 0 Å². The van der Waals surface area contributed by atoms with Crippen LogP contribution in [0, 0.1) is 11.8 Å². The highest BCUT2D eigenvalue weighted by Crippen LogP contribution is 2.43. The highest BCUT2D eigenvalue weighted by molar-refractivity contribution is 6.31. The maximum atomic E-state index is 12.9. The Bertz CT molecular complexity index is 1330. The molecule has 9 heteroatoms. The molecule has 184 valence electrons. The van der Waals surface area contributed by atoms with Crippen molar-refractivity contribution in [1.29, 1.82) is 0 Å². The van der Waals surface area contributed by atoms with Crippen LogP contribution in [0.5, 0.6) is 0 Å². The van der Waals surface area contributed by atoms with Crippen LogP contribution >= 0.6 is 23.2 Å². The number of rotatable bonds is 5. The summed E-state index contributed by atoms with van der Waals surface area (Å²) in [5, 5.41) is 3.90. The number of hydrogen-bond donors (Lipinski definition) is 1. The topological polar surface area (TPSA) is 92.8 Å². The first-order valence-corrected chi connectivity index (χ1v) is 12.4. The van der Waals surface area contributed by atoms with Gasteiger partial charge in [-0.1, -0.05) is 36.4 Å². The lowest BCUT2D eigenvalue weighted by atomic mass is 9.80. The van der Waals surface area contributed by atoms with Crippen LogP contribution in [0.25, 0.3) is 10.8 Å². The van der Waals surface area contributed by atoms with Gasteiger partial charge in [-0.25, -0.2) is 4.79 Å². The lowest BCUT2D eigenvalue weighted by molar-refractivity contribution is -0.122. The molecule has 5 rings (SSSR count). The van der Waals surface area contributed by atoms with Crippen molar-refractivity contribution < 1.29 is 23.9 Å². The second-order valence-electron chi connectivity index (χ2n) is 8.93. The number of imide groups is 1. The maximum absolute atomic E-state index is 12.9. The molecule has 3 aromatic carbocycles. The molecule has 3 amide bonds. The highest BCUT2D eigenvalue weighted by Gasteiger charge is 2.52. The summed E-state index contributed by atoms with van der Waals surface area (Å²) in [4.78, 5) is 51.8. The van der Waals surface area contributed by atoms with Crippen LogP contribution in [0.4, 0.5) is 11.4 Å². The second-order valence-corrected chi connectivity index (χ2v) is 10.0. The summed E-state index contributed by atoms with van der Waals surface area (Å²) >= 11 is 12.5. The molecule has 1 N–H and O–H groups in total. The summed E-state index contributed by atoms with van der Waals surface area (Å²) in [5.74, 6) is -2.75. The molecule has 4 atom stereocenters. The van der Waals surface area contributed by atoms with Crippen LogP contribution in [0.15, 0.2) is 66.7 Å². The number of amides is 3. The van der Waals surface area contributed by atoms with Crippen molar-refractivity contribution in [3.63, 3.8) is 0 Å². The molecule has 2 fully saturated rings. The number of ether oxygens (including phenoxy) is 1.